The molecule has 0 saturated carbocycles. The molecule has 1 aromatic carbocycles. The van der Waals surface area contributed by atoms with Gasteiger partial charge in [-0.05, 0) is 68.7 Å². The lowest BCUT2D eigenvalue weighted by Gasteiger charge is -2.27. The first kappa shape index (κ1) is 23.9. The lowest BCUT2D eigenvalue weighted by molar-refractivity contribution is -0.123. The van der Waals surface area contributed by atoms with Crippen molar-refractivity contribution >= 4 is 27.5 Å². The fraction of sp³-hybridized carbons (Fsp3) is 0.583. The summed E-state index contributed by atoms with van der Waals surface area (Å²) < 4.78 is 32.8. The summed E-state index contributed by atoms with van der Waals surface area (Å²) in [4.78, 5) is 27.1. The van der Waals surface area contributed by atoms with Crippen LogP contribution in [-0.2, 0) is 30.8 Å². The van der Waals surface area contributed by atoms with Crippen LogP contribution < -0.4 is 10.2 Å². The molecule has 1 aliphatic carbocycles. The highest BCUT2D eigenvalue weighted by Crippen LogP contribution is 2.30. The Balaban J connectivity index is 1.45. The number of hydrogen-bond donors (Lipinski definition) is 1. The fourth-order valence-corrected chi connectivity index (χ4v) is 6.15. The van der Waals surface area contributed by atoms with Gasteiger partial charge in [0.15, 0.2) is 0 Å². The minimum atomic E-state index is -3.62. The number of carbonyl (C=O) groups excluding carboxylic acids is 2. The molecule has 0 spiro atoms. The van der Waals surface area contributed by atoms with E-state index in [4.69, 9.17) is 4.74 Å². The van der Waals surface area contributed by atoms with Crippen LogP contribution in [0.4, 0.5) is 5.69 Å². The Labute approximate surface area is 196 Å². The molecule has 0 aromatic heterocycles. The van der Waals surface area contributed by atoms with E-state index in [1.165, 1.54) is 27.6 Å². The van der Waals surface area contributed by atoms with Crippen molar-refractivity contribution < 1.29 is 22.7 Å². The van der Waals surface area contributed by atoms with Crippen LogP contribution in [0.1, 0.15) is 50.5 Å². The van der Waals surface area contributed by atoms with Gasteiger partial charge in [-0.2, -0.15) is 4.31 Å². The molecule has 1 saturated heterocycles. The van der Waals surface area contributed by atoms with Crippen LogP contribution in [0, 0.1) is 0 Å². The smallest absolute Gasteiger partial charge is 0.243 e. The zero-order valence-corrected chi connectivity index (χ0v) is 19.9. The van der Waals surface area contributed by atoms with E-state index in [-0.39, 0.29) is 23.3 Å². The van der Waals surface area contributed by atoms with E-state index >= 15 is 0 Å². The molecule has 180 valence electrons. The molecule has 2 heterocycles. The maximum absolute atomic E-state index is 13.1. The molecule has 33 heavy (non-hydrogen) atoms. The van der Waals surface area contributed by atoms with Crippen molar-refractivity contribution in [1.29, 1.82) is 0 Å². The van der Waals surface area contributed by atoms with Crippen molar-refractivity contribution in [2.24, 2.45) is 0 Å². The number of hydrogen-bond acceptors (Lipinski definition) is 5. The van der Waals surface area contributed by atoms with Crippen LogP contribution in [0.2, 0.25) is 0 Å². The quantitative estimate of drug-likeness (QED) is 0.611. The SMILES string of the molecule is O=C(CN1C(=O)CCCc2cc(S(=O)(=O)N3CCOCC3)ccc21)NCCC1=CCCCC1. The molecule has 4 rings (SSSR count). The van der Waals surface area contributed by atoms with Gasteiger partial charge in [-0.3, -0.25) is 9.59 Å². The van der Waals surface area contributed by atoms with Gasteiger partial charge >= 0.3 is 0 Å². The number of sulfonamides is 1. The topological polar surface area (TPSA) is 96.0 Å². The summed E-state index contributed by atoms with van der Waals surface area (Å²) in [5.41, 5.74) is 2.81. The minimum absolute atomic E-state index is 0.0551. The predicted molar refractivity (Wildman–Crippen MR) is 125 cm³/mol. The van der Waals surface area contributed by atoms with E-state index in [1.54, 1.807) is 18.2 Å². The first-order chi connectivity index (χ1) is 15.9. The van der Waals surface area contributed by atoms with E-state index in [2.05, 4.69) is 11.4 Å². The zero-order chi connectivity index (χ0) is 23.3. The van der Waals surface area contributed by atoms with Crippen LogP contribution in [0.25, 0.3) is 0 Å². The summed E-state index contributed by atoms with van der Waals surface area (Å²) in [6.45, 7) is 1.95. The number of ether oxygens (including phenoxy) is 1. The first-order valence-corrected chi connectivity index (χ1v) is 13.3. The average molecular weight is 476 g/mol. The normalized spacial score (nSPS) is 20.1. The Morgan fingerprint density at radius 3 is 2.64 bits per heavy atom. The highest BCUT2D eigenvalue weighted by Gasteiger charge is 2.29. The predicted octanol–water partition coefficient (Wildman–Crippen LogP) is 2.38. The summed E-state index contributed by atoms with van der Waals surface area (Å²) in [6.07, 6.45) is 9.34. The number of benzene rings is 1. The molecule has 1 N–H and O–H groups in total. The molecule has 2 amide bonds. The van der Waals surface area contributed by atoms with Crippen LogP contribution in [0.3, 0.4) is 0 Å². The minimum Gasteiger partial charge on any atom is -0.379 e. The number of allylic oxidation sites excluding steroid dienone is 1. The third kappa shape index (κ3) is 5.83. The Kier molecular flexibility index (Phi) is 7.82. The van der Waals surface area contributed by atoms with Gasteiger partial charge in [-0.15, -0.1) is 0 Å². The summed E-state index contributed by atoms with van der Waals surface area (Å²) in [5.74, 6) is -0.305. The first-order valence-electron chi connectivity index (χ1n) is 11.9. The van der Waals surface area contributed by atoms with E-state index in [0.29, 0.717) is 57.8 Å². The Bertz CT molecular complexity index is 1010. The second kappa shape index (κ2) is 10.8. The molecule has 8 nitrogen and oxygen atoms in total. The fourth-order valence-electron chi connectivity index (χ4n) is 4.69. The van der Waals surface area contributed by atoms with Gasteiger partial charge < -0.3 is 15.0 Å². The van der Waals surface area contributed by atoms with Crippen molar-refractivity contribution in [3.63, 3.8) is 0 Å². The van der Waals surface area contributed by atoms with E-state index in [9.17, 15) is 18.0 Å². The summed E-state index contributed by atoms with van der Waals surface area (Å²) in [6, 6.07) is 4.88. The molecule has 0 unspecified atom stereocenters. The van der Waals surface area contributed by atoms with Crippen LogP contribution in [0.15, 0.2) is 34.7 Å². The van der Waals surface area contributed by atoms with Gasteiger partial charge in [0.05, 0.1) is 18.1 Å². The number of fused-ring (bicyclic) bond motifs is 1. The summed E-state index contributed by atoms with van der Waals surface area (Å²) in [5, 5.41) is 2.94. The number of carbonyl (C=O) groups is 2. The Morgan fingerprint density at radius 2 is 1.88 bits per heavy atom. The Morgan fingerprint density at radius 1 is 1.06 bits per heavy atom. The van der Waals surface area contributed by atoms with Gasteiger partial charge in [-0.1, -0.05) is 11.6 Å². The molecule has 0 atom stereocenters. The second-order valence-corrected chi connectivity index (χ2v) is 10.8. The lowest BCUT2D eigenvalue weighted by Crippen LogP contribution is -2.41. The number of morpholine rings is 1. The van der Waals surface area contributed by atoms with Crippen molar-refractivity contribution in [3.05, 3.63) is 35.4 Å². The molecule has 3 aliphatic rings. The average Bonchev–Trinajstić information content (AvgIpc) is 2.98. The molecule has 0 bridgehead atoms. The second-order valence-electron chi connectivity index (χ2n) is 8.85. The monoisotopic (exact) mass is 475 g/mol. The van der Waals surface area contributed by atoms with Crippen molar-refractivity contribution in [3.8, 4) is 0 Å². The van der Waals surface area contributed by atoms with Crippen molar-refractivity contribution in [2.45, 2.75) is 56.3 Å². The van der Waals surface area contributed by atoms with E-state index < -0.39 is 10.0 Å². The highest BCUT2D eigenvalue weighted by molar-refractivity contribution is 7.89. The number of anilines is 1. The van der Waals surface area contributed by atoms with Crippen LogP contribution in [-0.4, -0.2) is 63.9 Å². The Hall–Kier alpha value is -2.23. The highest BCUT2D eigenvalue weighted by atomic mass is 32.2. The van der Waals surface area contributed by atoms with Gasteiger partial charge in [0, 0.05) is 31.7 Å². The summed E-state index contributed by atoms with van der Waals surface area (Å²) in [7, 11) is -3.62. The van der Waals surface area contributed by atoms with Crippen LogP contribution >= 0.6 is 0 Å². The molecule has 0 radical (unpaired) electrons. The number of aryl methyl sites for hydroxylation is 1. The molecule has 1 fully saturated rings. The van der Waals surface area contributed by atoms with Gasteiger partial charge in [0.2, 0.25) is 21.8 Å². The number of rotatable bonds is 7. The van der Waals surface area contributed by atoms with Crippen molar-refractivity contribution in [2.75, 3.05) is 44.3 Å². The van der Waals surface area contributed by atoms with Gasteiger partial charge in [0.25, 0.3) is 0 Å². The third-order valence-corrected chi connectivity index (χ3v) is 8.44. The molecule has 2 aliphatic heterocycles. The maximum Gasteiger partial charge on any atom is 0.243 e. The maximum atomic E-state index is 13.1. The number of nitrogens with one attached hydrogen (secondary N) is 1. The molecule has 1 aromatic rings. The zero-order valence-electron chi connectivity index (χ0n) is 19.1. The molecular weight excluding hydrogens is 442 g/mol. The van der Waals surface area contributed by atoms with E-state index in [0.717, 1.165) is 24.8 Å². The number of amides is 2. The van der Waals surface area contributed by atoms with Gasteiger partial charge in [0.1, 0.15) is 6.54 Å². The van der Waals surface area contributed by atoms with Gasteiger partial charge in [-0.25, -0.2) is 8.42 Å². The number of nitrogens with zero attached hydrogens (tertiary/aromatic N) is 2. The third-order valence-electron chi connectivity index (χ3n) is 6.54. The summed E-state index contributed by atoms with van der Waals surface area (Å²) >= 11 is 0. The van der Waals surface area contributed by atoms with E-state index in [1.807, 2.05) is 0 Å². The van der Waals surface area contributed by atoms with Crippen molar-refractivity contribution in [1.82, 2.24) is 9.62 Å². The lowest BCUT2D eigenvalue weighted by atomic mass is 9.97. The standard InChI is InChI=1S/C24H33N3O5S/c28-23(25-12-11-19-5-2-1-3-6-19)18-27-22-10-9-21(17-20(22)7-4-8-24(27)29)33(30,31)26-13-15-32-16-14-26/h5,9-10,17H,1-4,6-8,11-16,18H2,(H,25,28). The largest absolute Gasteiger partial charge is 0.379 e. The molecular formula is C24H33N3O5S. The van der Waals surface area contributed by atoms with Crippen LogP contribution in [0.5, 0.6) is 0 Å². The molecule has 9 heteroatoms.